The summed E-state index contributed by atoms with van der Waals surface area (Å²) in [7, 11) is 1.61. The van der Waals surface area contributed by atoms with Crippen molar-refractivity contribution in [2.24, 2.45) is 0 Å². The lowest BCUT2D eigenvalue weighted by atomic mass is 10.1. The lowest BCUT2D eigenvalue weighted by Crippen LogP contribution is -2.49. The molecule has 1 aromatic carbocycles. The van der Waals surface area contributed by atoms with Gasteiger partial charge < -0.3 is 14.5 Å². The zero-order valence-electron chi connectivity index (χ0n) is 17.3. The van der Waals surface area contributed by atoms with E-state index in [0.717, 1.165) is 36.7 Å². The number of hydrogen-bond donors (Lipinski definition) is 0. The number of hydrogen-bond acceptors (Lipinski definition) is 6. The number of carbonyl (C=O) groups is 1. The summed E-state index contributed by atoms with van der Waals surface area (Å²) in [6, 6.07) is 15.1. The first kappa shape index (κ1) is 19.8. The Bertz CT molecular complexity index is 1020. The van der Waals surface area contributed by atoms with Gasteiger partial charge in [-0.15, -0.1) is 0 Å². The monoisotopic (exact) mass is 403 g/mol. The van der Waals surface area contributed by atoms with Crippen LogP contribution in [0.1, 0.15) is 23.0 Å². The van der Waals surface area contributed by atoms with Crippen LogP contribution in [0.4, 0.5) is 5.82 Å². The van der Waals surface area contributed by atoms with Gasteiger partial charge in [0.05, 0.1) is 7.11 Å². The van der Waals surface area contributed by atoms with E-state index in [1.165, 1.54) is 0 Å². The van der Waals surface area contributed by atoms with E-state index >= 15 is 0 Å². The second-order valence-electron chi connectivity index (χ2n) is 7.12. The predicted octanol–water partition coefficient (Wildman–Crippen LogP) is 3.07. The van der Waals surface area contributed by atoms with Gasteiger partial charge >= 0.3 is 0 Å². The second-order valence-corrected chi connectivity index (χ2v) is 7.12. The summed E-state index contributed by atoms with van der Waals surface area (Å²) in [4.78, 5) is 30.7. The van der Waals surface area contributed by atoms with Crippen LogP contribution in [0.15, 0.2) is 54.7 Å². The molecule has 1 saturated heterocycles. The van der Waals surface area contributed by atoms with Crippen LogP contribution in [0.5, 0.6) is 5.75 Å². The number of anilines is 1. The van der Waals surface area contributed by atoms with Crippen molar-refractivity contribution in [2.45, 2.75) is 13.3 Å². The van der Waals surface area contributed by atoms with E-state index in [1.807, 2.05) is 47.4 Å². The number of aromatic nitrogens is 3. The van der Waals surface area contributed by atoms with Gasteiger partial charge in [-0.3, -0.25) is 9.78 Å². The fourth-order valence-electron chi connectivity index (χ4n) is 3.51. The fourth-order valence-corrected chi connectivity index (χ4v) is 3.51. The molecule has 0 aliphatic carbocycles. The van der Waals surface area contributed by atoms with E-state index < -0.39 is 0 Å². The van der Waals surface area contributed by atoms with Gasteiger partial charge in [-0.1, -0.05) is 19.1 Å². The van der Waals surface area contributed by atoms with Crippen LogP contribution in [-0.2, 0) is 6.42 Å². The molecule has 0 atom stereocenters. The summed E-state index contributed by atoms with van der Waals surface area (Å²) >= 11 is 0. The summed E-state index contributed by atoms with van der Waals surface area (Å²) in [6.45, 7) is 4.80. The number of benzene rings is 1. The Labute approximate surface area is 176 Å². The highest BCUT2D eigenvalue weighted by molar-refractivity contribution is 5.94. The third-order valence-corrected chi connectivity index (χ3v) is 5.23. The van der Waals surface area contributed by atoms with Crippen LogP contribution in [0, 0.1) is 0 Å². The minimum absolute atomic E-state index is 0.0275. The van der Waals surface area contributed by atoms with Crippen LogP contribution < -0.4 is 9.64 Å². The van der Waals surface area contributed by atoms with Crippen molar-refractivity contribution in [3.05, 3.63) is 66.0 Å². The summed E-state index contributed by atoms with van der Waals surface area (Å²) in [6.07, 6.45) is 2.57. The molecule has 3 aromatic rings. The van der Waals surface area contributed by atoms with Gasteiger partial charge in [0.2, 0.25) is 0 Å². The molecule has 0 saturated carbocycles. The van der Waals surface area contributed by atoms with E-state index in [1.54, 1.807) is 19.4 Å². The maximum atomic E-state index is 12.9. The molecule has 7 heteroatoms. The number of pyridine rings is 1. The number of methoxy groups -OCH3 is 1. The van der Waals surface area contributed by atoms with Gasteiger partial charge in [-0.2, -0.15) is 0 Å². The molecule has 4 rings (SSSR count). The normalized spacial score (nSPS) is 13.9. The Hall–Kier alpha value is -3.48. The van der Waals surface area contributed by atoms with Gasteiger partial charge in [-0.25, -0.2) is 9.97 Å². The number of piperazine rings is 1. The smallest absolute Gasteiger partial charge is 0.254 e. The standard InChI is InChI=1S/C23H25N5O2/c1-3-18-16-21(26-22(25-18)20-9-4-5-10-24-20)27-11-13-28(14-12-27)23(29)17-7-6-8-19(15-17)30-2/h4-10,15-16H,3,11-14H2,1-2H3. The maximum Gasteiger partial charge on any atom is 0.254 e. The quantitative estimate of drug-likeness (QED) is 0.652. The van der Waals surface area contributed by atoms with Crippen molar-refractivity contribution in [3.8, 4) is 17.3 Å². The molecule has 3 heterocycles. The van der Waals surface area contributed by atoms with Crippen molar-refractivity contribution in [3.63, 3.8) is 0 Å². The van der Waals surface area contributed by atoms with Crippen molar-refractivity contribution < 1.29 is 9.53 Å². The topological polar surface area (TPSA) is 71.5 Å². The summed E-state index contributed by atoms with van der Waals surface area (Å²) < 4.78 is 5.24. The highest BCUT2D eigenvalue weighted by Crippen LogP contribution is 2.21. The summed E-state index contributed by atoms with van der Waals surface area (Å²) in [5.41, 5.74) is 2.40. The minimum Gasteiger partial charge on any atom is -0.497 e. The molecule has 2 aromatic heterocycles. The fraction of sp³-hybridized carbons (Fsp3) is 0.304. The van der Waals surface area contributed by atoms with Crippen molar-refractivity contribution in [1.29, 1.82) is 0 Å². The lowest BCUT2D eigenvalue weighted by Gasteiger charge is -2.35. The molecular formula is C23H25N5O2. The second kappa shape index (κ2) is 8.90. The number of ether oxygens (including phenoxy) is 1. The van der Waals surface area contributed by atoms with E-state index in [0.29, 0.717) is 30.2 Å². The molecule has 1 aliphatic rings. The molecule has 1 amide bonds. The molecule has 7 nitrogen and oxygen atoms in total. The molecule has 30 heavy (non-hydrogen) atoms. The first-order valence-electron chi connectivity index (χ1n) is 10.2. The van der Waals surface area contributed by atoms with Crippen molar-refractivity contribution in [1.82, 2.24) is 19.9 Å². The largest absolute Gasteiger partial charge is 0.497 e. The summed E-state index contributed by atoms with van der Waals surface area (Å²) in [5, 5.41) is 0. The SMILES string of the molecule is CCc1cc(N2CCN(C(=O)c3cccc(OC)c3)CC2)nc(-c2ccccn2)n1. The van der Waals surface area contributed by atoms with E-state index in [2.05, 4.69) is 21.8 Å². The van der Waals surface area contributed by atoms with Crippen LogP contribution in [0.2, 0.25) is 0 Å². The first-order chi connectivity index (χ1) is 14.7. The lowest BCUT2D eigenvalue weighted by molar-refractivity contribution is 0.0746. The van der Waals surface area contributed by atoms with Gasteiger partial charge in [0.15, 0.2) is 5.82 Å². The first-order valence-corrected chi connectivity index (χ1v) is 10.2. The molecule has 0 spiro atoms. The third-order valence-electron chi connectivity index (χ3n) is 5.23. The average molecular weight is 403 g/mol. The minimum atomic E-state index is 0.0275. The average Bonchev–Trinajstić information content (AvgIpc) is 2.84. The molecule has 0 bridgehead atoms. The summed E-state index contributed by atoms with van der Waals surface area (Å²) in [5.74, 6) is 2.24. The number of amides is 1. The zero-order chi connectivity index (χ0) is 20.9. The highest BCUT2D eigenvalue weighted by atomic mass is 16.5. The molecule has 1 fully saturated rings. The Balaban J connectivity index is 1.49. The highest BCUT2D eigenvalue weighted by Gasteiger charge is 2.24. The number of nitrogens with zero attached hydrogens (tertiary/aromatic N) is 5. The predicted molar refractivity (Wildman–Crippen MR) is 116 cm³/mol. The maximum absolute atomic E-state index is 12.9. The Morgan fingerprint density at radius 2 is 1.87 bits per heavy atom. The Kier molecular flexibility index (Phi) is 5.88. The van der Waals surface area contributed by atoms with E-state index in [4.69, 9.17) is 9.72 Å². The molecule has 0 unspecified atom stereocenters. The molecule has 0 radical (unpaired) electrons. The molecule has 0 N–H and O–H groups in total. The van der Waals surface area contributed by atoms with Gasteiger partial charge in [0.25, 0.3) is 5.91 Å². The zero-order valence-corrected chi connectivity index (χ0v) is 17.3. The Morgan fingerprint density at radius 1 is 1.03 bits per heavy atom. The van der Waals surface area contributed by atoms with Crippen molar-refractivity contribution >= 4 is 11.7 Å². The van der Waals surface area contributed by atoms with E-state index in [-0.39, 0.29) is 5.91 Å². The number of rotatable bonds is 5. The van der Waals surface area contributed by atoms with Gasteiger partial charge in [0.1, 0.15) is 17.3 Å². The van der Waals surface area contributed by atoms with E-state index in [9.17, 15) is 4.79 Å². The molecular weight excluding hydrogens is 378 g/mol. The van der Waals surface area contributed by atoms with Crippen LogP contribution in [0.3, 0.4) is 0 Å². The molecule has 154 valence electrons. The van der Waals surface area contributed by atoms with Gasteiger partial charge in [0, 0.05) is 49.7 Å². The van der Waals surface area contributed by atoms with Crippen LogP contribution in [-0.4, -0.2) is 59.0 Å². The number of aryl methyl sites for hydroxylation is 1. The Morgan fingerprint density at radius 3 is 2.57 bits per heavy atom. The van der Waals surface area contributed by atoms with Gasteiger partial charge in [-0.05, 0) is 36.8 Å². The van der Waals surface area contributed by atoms with Crippen LogP contribution >= 0.6 is 0 Å². The molecule has 1 aliphatic heterocycles. The number of carbonyl (C=O) groups excluding carboxylic acids is 1. The van der Waals surface area contributed by atoms with Crippen molar-refractivity contribution in [2.75, 3.05) is 38.2 Å². The van der Waals surface area contributed by atoms with Crippen LogP contribution in [0.25, 0.3) is 11.5 Å². The third kappa shape index (κ3) is 4.25.